The van der Waals surface area contributed by atoms with Gasteiger partial charge in [-0.3, -0.25) is 0 Å². The minimum absolute atomic E-state index is 0.0756. The van der Waals surface area contributed by atoms with Crippen molar-refractivity contribution in [3.05, 3.63) is 0 Å². The molecule has 1 heterocycles. The largest absolute Gasteiger partial charge is 0.353 e. The van der Waals surface area contributed by atoms with Crippen molar-refractivity contribution >= 4 is 0 Å². The van der Waals surface area contributed by atoms with Crippen LogP contribution in [0.15, 0.2) is 0 Å². The highest BCUT2D eigenvalue weighted by molar-refractivity contribution is 4.98. The van der Waals surface area contributed by atoms with Gasteiger partial charge in [0.2, 0.25) is 0 Å². The highest BCUT2D eigenvalue weighted by atomic mass is 16.7. The second-order valence-corrected chi connectivity index (χ2v) is 5.64. The number of hydrogen-bond donors (Lipinski definition) is 0. The van der Waals surface area contributed by atoms with Gasteiger partial charge in [0.15, 0.2) is 6.29 Å². The average Bonchev–Trinajstić information content (AvgIpc) is 2.49. The quantitative estimate of drug-likeness (QED) is 0.411. The molecule has 0 unspecified atom stereocenters. The normalized spacial score (nSPS) is 18.6. The van der Waals surface area contributed by atoms with Crippen molar-refractivity contribution in [3.8, 4) is 11.8 Å². The molecule has 0 aromatic heterocycles. The van der Waals surface area contributed by atoms with Crippen LogP contribution in [0.1, 0.15) is 84.0 Å². The van der Waals surface area contributed by atoms with Gasteiger partial charge < -0.3 is 9.47 Å². The van der Waals surface area contributed by atoms with Crippen LogP contribution < -0.4 is 0 Å². The van der Waals surface area contributed by atoms with Gasteiger partial charge >= 0.3 is 0 Å². The van der Waals surface area contributed by atoms with Crippen molar-refractivity contribution in [2.45, 2.75) is 90.3 Å². The van der Waals surface area contributed by atoms with Gasteiger partial charge in [0, 0.05) is 26.1 Å². The Morgan fingerprint density at radius 3 is 2.35 bits per heavy atom. The topological polar surface area (TPSA) is 18.5 Å². The molecule has 2 heteroatoms. The van der Waals surface area contributed by atoms with Gasteiger partial charge in [-0.15, -0.1) is 11.8 Å². The van der Waals surface area contributed by atoms with Crippen LogP contribution in [0.25, 0.3) is 0 Å². The highest BCUT2D eigenvalue weighted by Crippen LogP contribution is 2.14. The van der Waals surface area contributed by atoms with Crippen LogP contribution in [0.5, 0.6) is 0 Å². The molecule has 0 N–H and O–H groups in total. The summed E-state index contributed by atoms with van der Waals surface area (Å²) >= 11 is 0. The molecule has 0 radical (unpaired) electrons. The standard InChI is InChI=1S/C18H32O2/c1-2-3-4-5-6-7-8-9-10-11-13-16-19-18-15-12-14-17-20-18/h18H,2-6,9-17H2,1H3/t18-/m0/s1. The molecule has 0 aromatic rings. The lowest BCUT2D eigenvalue weighted by molar-refractivity contribution is -0.162. The third-order valence-electron chi connectivity index (χ3n) is 3.67. The predicted molar refractivity (Wildman–Crippen MR) is 84.5 cm³/mol. The van der Waals surface area contributed by atoms with E-state index in [2.05, 4.69) is 18.8 Å². The van der Waals surface area contributed by atoms with E-state index in [0.717, 1.165) is 38.9 Å². The summed E-state index contributed by atoms with van der Waals surface area (Å²) in [7, 11) is 0. The van der Waals surface area contributed by atoms with Crippen LogP contribution in [0.4, 0.5) is 0 Å². The Labute approximate surface area is 125 Å². The zero-order valence-electron chi connectivity index (χ0n) is 13.3. The first-order valence-electron chi connectivity index (χ1n) is 8.62. The van der Waals surface area contributed by atoms with Crippen LogP contribution in [0.3, 0.4) is 0 Å². The van der Waals surface area contributed by atoms with Gasteiger partial charge in [-0.1, -0.05) is 32.6 Å². The van der Waals surface area contributed by atoms with E-state index >= 15 is 0 Å². The fraction of sp³-hybridized carbons (Fsp3) is 0.889. The second-order valence-electron chi connectivity index (χ2n) is 5.64. The molecule has 116 valence electrons. The summed E-state index contributed by atoms with van der Waals surface area (Å²) in [5, 5.41) is 0. The Morgan fingerprint density at radius 1 is 0.950 bits per heavy atom. The predicted octanol–water partition coefficient (Wildman–Crippen LogP) is 5.06. The first kappa shape index (κ1) is 17.5. The van der Waals surface area contributed by atoms with Gasteiger partial charge in [0.05, 0.1) is 0 Å². The maximum Gasteiger partial charge on any atom is 0.157 e. The minimum atomic E-state index is 0.0756. The van der Waals surface area contributed by atoms with E-state index in [1.807, 2.05) is 0 Å². The summed E-state index contributed by atoms with van der Waals surface area (Å²) in [4.78, 5) is 0. The van der Waals surface area contributed by atoms with Gasteiger partial charge in [0.1, 0.15) is 0 Å². The fourth-order valence-corrected chi connectivity index (χ4v) is 2.37. The van der Waals surface area contributed by atoms with Crippen molar-refractivity contribution in [2.75, 3.05) is 13.2 Å². The van der Waals surface area contributed by atoms with Crippen LogP contribution in [-0.2, 0) is 9.47 Å². The molecule has 1 rings (SSSR count). The van der Waals surface area contributed by atoms with Crippen molar-refractivity contribution < 1.29 is 9.47 Å². The number of hydrogen-bond acceptors (Lipinski definition) is 2. The average molecular weight is 280 g/mol. The minimum Gasteiger partial charge on any atom is -0.353 e. The molecule has 1 aliphatic heterocycles. The first-order valence-corrected chi connectivity index (χ1v) is 8.62. The number of ether oxygens (including phenoxy) is 2. The molecule has 2 nitrogen and oxygen atoms in total. The summed E-state index contributed by atoms with van der Waals surface area (Å²) in [6.45, 7) is 3.96. The lowest BCUT2D eigenvalue weighted by atomic mass is 10.1. The van der Waals surface area contributed by atoms with E-state index in [-0.39, 0.29) is 6.29 Å². The molecule has 0 spiro atoms. The Morgan fingerprint density at radius 2 is 1.70 bits per heavy atom. The molecule has 20 heavy (non-hydrogen) atoms. The molecule has 1 fully saturated rings. The zero-order chi connectivity index (χ0) is 14.3. The number of rotatable bonds is 10. The molecule has 1 aliphatic rings. The van der Waals surface area contributed by atoms with Crippen LogP contribution in [0.2, 0.25) is 0 Å². The lowest BCUT2D eigenvalue weighted by Gasteiger charge is -2.22. The zero-order valence-corrected chi connectivity index (χ0v) is 13.3. The molecule has 1 saturated heterocycles. The lowest BCUT2D eigenvalue weighted by Crippen LogP contribution is -2.22. The van der Waals surface area contributed by atoms with Gasteiger partial charge in [-0.05, 0) is 38.5 Å². The van der Waals surface area contributed by atoms with Crippen molar-refractivity contribution in [1.29, 1.82) is 0 Å². The first-order chi connectivity index (χ1) is 9.93. The summed E-state index contributed by atoms with van der Waals surface area (Å²) in [5.41, 5.74) is 0. The van der Waals surface area contributed by atoms with Crippen molar-refractivity contribution in [1.82, 2.24) is 0 Å². The van der Waals surface area contributed by atoms with Crippen LogP contribution in [-0.4, -0.2) is 19.5 Å². The van der Waals surface area contributed by atoms with E-state index in [1.165, 1.54) is 51.4 Å². The van der Waals surface area contributed by atoms with E-state index in [1.54, 1.807) is 0 Å². The number of unbranched alkanes of at least 4 members (excludes halogenated alkanes) is 7. The molecule has 0 aliphatic carbocycles. The molecule has 0 amide bonds. The maximum absolute atomic E-state index is 5.71. The van der Waals surface area contributed by atoms with Crippen molar-refractivity contribution in [2.24, 2.45) is 0 Å². The summed E-state index contributed by atoms with van der Waals surface area (Å²) < 4.78 is 11.2. The van der Waals surface area contributed by atoms with Gasteiger partial charge in [0.25, 0.3) is 0 Å². The highest BCUT2D eigenvalue weighted by Gasteiger charge is 2.12. The van der Waals surface area contributed by atoms with Gasteiger partial charge in [-0.25, -0.2) is 0 Å². The SMILES string of the molecule is CCCCCCC#CCCCCCO[C@@H]1CCCCO1. The van der Waals surface area contributed by atoms with E-state index in [4.69, 9.17) is 9.47 Å². The molecule has 1 atom stereocenters. The monoisotopic (exact) mass is 280 g/mol. The summed E-state index contributed by atoms with van der Waals surface area (Å²) in [5.74, 6) is 6.57. The third-order valence-corrected chi connectivity index (χ3v) is 3.67. The molecular formula is C18H32O2. The molecular weight excluding hydrogens is 248 g/mol. The van der Waals surface area contributed by atoms with E-state index < -0.39 is 0 Å². The Kier molecular flexibility index (Phi) is 11.8. The third kappa shape index (κ3) is 10.3. The Hall–Kier alpha value is -0.520. The van der Waals surface area contributed by atoms with E-state index in [0.29, 0.717) is 0 Å². The smallest absolute Gasteiger partial charge is 0.157 e. The summed E-state index contributed by atoms with van der Waals surface area (Å²) in [6, 6.07) is 0. The summed E-state index contributed by atoms with van der Waals surface area (Å²) in [6.07, 6.45) is 14.6. The molecule has 0 bridgehead atoms. The molecule has 0 saturated carbocycles. The second kappa shape index (κ2) is 13.5. The Balaban J connectivity index is 1.79. The van der Waals surface area contributed by atoms with Crippen LogP contribution in [0, 0.1) is 11.8 Å². The fourth-order valence-electron chi connectivity index (χ4n) is 2.37. The molecule has 0 aromatic carbocycles. The van der Waals surface area contributed by atoms with Gasteiger partial charge in [-0.2, -0.15) is 0 Å². The Bertz CT molecular complexity index is 258. The van der Waals surface area contributed by atoms with Crippen LogP contribution >= 0.6 is 0 Å². The van der Waals surface area contributed by atoms with E-state index in [9.17, 15) is 0 Å². The maximum atomic E-state index is 5.71. The van der Waals surface area contributed by atoms with Crippen molar-refractivity contribution in [3.63, 3.8) is 0 Å².